The van der Waals surface area contributed by atoms with Gasteiger partial charge in [0.25, 0.3) is 0 Å². The minimum Gasteiger partial charge on any atom is -0.460 e. The molecular weight excluding hydrogens is 684 g/mol. The van der Waals surface area contributed by atoms with Crippen molar-refractivity contribution in [2.24, 2.45) is 5.92 Å². The maximum atomic E-state index is 11.9. The first-order valence-corrected chi connectivity index (χ1v) is 18.3. The number of hydrogen-bond donors (Lipinski definition) is 4. The van der Waals surface area contributed by atoms with Gasteiger partial charge >= 0.3 is 17.9 Å². The van der Waals surface area contributed by atoms with Gasteiger partial charge in [-0.3, -0.25) is 9.80 Å². The predicted molar refractivity (Wildman–Crippen MR) is 202 cm³/mol. The summed E-state index contributed by atoms with van der Waals surface area (Å²) in [7, 11) is 0. The first kappa shape index (κ1) is 47.6. The van der Waals surface area contributed by atoms with Gasteiger partial charge in [0.05, 0.1) is 12.7 Å². The Morgan fingerprint density at radius 2 is 0.943 bits per heavy atom. The van der Waals surface area contributed by atoms with Crippen molar-refractivity contribution < 1.29 is 53.8 Å². The topological polar surface area (TPSA) is 176 Å². The summed E-state index contributed by atoms with van der Waals surface area (Å²) < 4.78 is 21.1. The van der Waals surface area contributed by atoms with Gasteiger partial charge in [-0.05, 0) is 44.2 Å². The van der Waals surface area contributed by atoms with Gasteiger partial charge in [0.15, 0.2) is 0 Å². The summed E-state index contributed by atoms with van der Waals surface area (Å²) in [5.41, 5.74) is 2.35. The molecule has 0 aliphatic heterocycles. The third-order valence-corrected chi connectivity index (χ3v) is 8.23. The number of ether oxygens (including phenoxy) is 4. The van der Waals surface area contributed by atoms with E-state index in [0.717, 1.165) is 36.8 Å². The smallest absolute Gasteiger partial charge is 0.333 e. The van der Waals surface area contributed by atoms with E-state index < -0.39 is 42.3 Å². The Morgan fingerprint density at radius 3 is 1.25 bits per heavy atom. The minimum absolute atomic E-state index is 0.0377. The van der Waals surface area contributed by atoms with E-state index in [1.165, 1.54) is 20.8 Å². The van der Waals surface area contributed by atoms with Gasteiger partial charge in [-0.2, -0.15) is 0 Å². The largest absolute Gasteiger partial charge is 0.460 e. The van der Waals surface area contributed by atoms with E-state index >= 15 is 0 Å². The highest BCUT2D eigenvalue weighted by atomic mass is 16.6. The highest BCUT2D eigenvalue weighted by Gasteiger charge is 2.21. The minimum atomic E-state index is -1.07. The second-order valence-electron chi connectivity index (χ2n) is 13.9. The van der Waals surface area contributed by atoms with Gasteiger partial charge < -0.3 is 39.4 Å². The number of aliphatic hydroxyl groups excluding tert-OH is 4. The van der Waals surface area contributed by atoms with Crippen LogP contribution >= 0.6 is 0 Å². The Morgan fingerprint density at radius 1 is 0.604 bits per heavy atom. The molecule has 53 heavy (non-hydrogen) atoms. The number of nitrogens with zero attached hydrogens (tertiary/aromatic N) is 2. The van der Waals surface area contributed by atoms with Crippen LogP contribution in [0.4, 0.5) is 0 Å². The lowest BCUT2D eigenvalue weighted by atomic mass is 9.98. The summed E-state index contributed by atoms with van der Waals surface area (Å²) >= 11 is 0. The van der Waals surface area contributed by atoms with Crippen LogP contribution in [0, 0.1) is 5.92 Å². The lowest BCUT2D eigenvalue weighted by Gasteiger charge is -2.28. The lowest BCUT2D eigenvalue weighted by molar-refractivity contribution is -0.143. The van der Waals surface area contributed by atoms with Crippen LogP contribution in [0.5, 0.6) is 0 Å². The van der Waals surface area contributed by atoms with E-state index in [4.69, 9.17) is 18.9 Å². The molecule has 0 spiro atoms. The zero-order valence-corrected chi connectivity index (χ0v) is 32.5. The van der Waals surface area contributed by atoms with E-state index in [9.17, 15) is 34.8 Å². The molecule has 0 radical (unpaired) electrons. The molecule has 0 saturated heterocycles. The molecule has 1 aromatic carbocycles. The van der Waals surface area contributed by atoms with Crippen LogP contribution in [0.3, 0.4) is 0 Å². The quantitative estimate of drug-likeness (QED) is 0.0407. The number of hydrogen-bond acceptors (Lipinski definition) is 13. The number of carbonyl (C=O) groups excluding carboxylic acids is 3. The van der Waals surface area contributed by atoms with Crippen LogP contribution in [0.25, 0.3) is 0 Å². The fourth-order valence-corrected chi connectivity index (χ4v) is 5.39. The SMILES string of the molecule is C=C(C)C(=O)OCC(O)CN(Cc1ccc(CN(CC(O)COC(=O)C(=C)C)CC(O)COC(=O)C(=C)C)cc1)CC(O)COCCC(CC)CCC. The highest BCUT2D eigenvalue weighted by molar-refractivity contribution is 5.87. The Hall–Kier alpha value is -3.43. The Balaban J connectivity index is 3.02. The zero-order chi connectivity index (χ0) is 39.9. The lowest BCUT2D eigenvalue weighted by Crippen LogP contribution is -2.41. The van der Waals surface area contributed by atoms with E-state index in [0.29, 0.717) is 25.6 Å². The molecule has 0 heterocycles. The molecular formula is C40H64N2O11. The molecule has 1 rings (SSSR count). The molecule has 1 aromatic rings. The summed E-state index contributed by atoms with van der Waals surface area (Å²) in [5, 5.41) is 42.8. The summed E-state index contributed by atoms with van der Waals surface area (Å²) in [5.74, 6) is -1.25. The molecule has 13 nitrogen and oxygen atoms in total. The van der Waals surface area contributed by atoms with Crippen LogP contribution in [-0.4, -0.2) is 132 Å². The van der Waals surface area contributed by atoms with Gasteiger partial charge in [-0.15, -0.1) is 0 Å². The standard InChI is InChI=1S/C40H64N2O11/c1-9-11-31(10-2)16-17-50-24-34(43)20-41(21-35(44)25-51-38(47)28(3)4)18-32-12-14-33(15-13-32)19-42(22-36(45)26-52-39(48)29(5)6)23-37(46)27-53-40(49)30(7)8/h12-15,31,34-37,43-46H,3,5,7,9-11,16-27H2,1-2,4,6,8H3. The van der Waals surface area contributed by atoms with Gasteiger partial charge in [0, 0.05) is 62.6 Å². The first-order valence-electron chi connectivity index (χ1n) is 18.3. The molecule has 5 unspecified atom stereocenters. The van der Waals surface area contributed by atoms with Gasteiger partial charge in [-0.25, -0.2) is 14.4 Å². The van der Waals surface area contributed by atoms with Gasteiger partial charge in [-0.1, -0.05) is 77.1 Å². The fourth-order valence-electron chi connectivity index (χ4n) is 5.39. The Labute approximate surface area is 315 Å². The molecule has 0 aliphatic carbocycles. The summed E-state index contributed by atoms with van der Waals surface area (Å²) in [6.07, 6.45) is 0.305. The maximum absolute atomic E-state index is 11.9. The third kappa shape index (κ3) is 21.8. The molecule has 0 aromatic heterocycles. The van der Waals surface area contributed by atoms with Crippen molar-refractivity contribution in [3.63, 3.8) is 0 Å². The number of esters is 3. The predicted octanol–water partition coefficient (Wildman–Crippen LogP) is 3.33. The molecule has 0 bridgehead atoms. The Kier molecular flexibility index (Phi) is 23.7. The summed E-state index contributed by atoms with van der Waals surface area (Å²) in [6.45, 7) is 20.5. The first-order chi connectivity index (χ1) is 25.0. The van der Waals surface area contributed by atoms with Crippen molar-refractivity contribution >= 4 is 17.9 Å². The molecule has 0 aliphatic rings. The number of benzene rings is 1. The second kappa shape index (κ2) is 26.4. The second-order valence-corrected chi connectivity index (χ2v) is 13.9. The fraction of sp³-hybridized carbons (Fsp3) is 0.625. The molecule has 300 valence electrons. The van der Waals surface area contributed by atoms with Crippen molar-refractivity contribution in [3.8, 4) is 0 Å². The van der Waals surface area contributed by atoms with Crippen molar-refractivity contribution in [1.82, 2.24) is 9.80 Å². The molecule has 5 atom stereocenters. The van der Waals surface area contributed by atoms with Crippen LogP contribution in [0.1, 0.15) is 71.4 Å². The van der Waals surface area contributed by atoms with E-state index in [-0.39, 0.29) is 69.3 Å². The monoisotopic (exact) mass is 748 g/mol. The number of aliphatic hydroxyl groups is 4. The number of rotatable bonds is 29. The summed E-state index contributed by atoms with van der Waals surface area (Å²) in [4.78, 5) is 39.1. The van der Waals surface area contributed by atoms with E-state index in [1.807, 2.05) is 29.2 Å². The molecule has 4 N–H and O–H groups in total. The Bertz CT molecular complexity index is 1250. The van der Waals surface area contributed by atoms with Crippen LogP contribution in [-0.2, 0) is 46.4 Å². The maximum Gasteiger partial charge on any atom is 0.333 e. The summed E-state index contributed by atoms with van der Waals surface area (Å²) in [6, 6.07) is 7.55. The zero-order valence-electron chi connectivity index (χ0n) is 32.5. The molecule has 0 saturated carbocycles. The average molecular weight is 749 g/mol. The number of carbonyl (C=O) groups is 3. The molecule has 0 amide bonds. The molecule has 13 heteroatoms. The van der Waals surface area contributed by atoms with Crippen molar-refractivity contribution in [3.05, 3.63) is 71.8 Å². The van der Waals surface area contributed by atoms with Crippen molar-refractivity contribution in [2.45, 2.75) is 97.8 Å². The van der Waals surface area contributed by atoms with E-state index in [2.05, 4.69) is 33.6 Å². The van der Waals surface area contributed by atoms with Crippen LogP contribution < -0.4 is 0 Å². The highest BCUT2D eigenvalue weighted by Crippen LogP contribution is 2.16. The average Bonchev–Trinajstić information content (AvgIpc) is 3.10. The van der Waals surface area contributed by atoms with Crippen LogP contribution in [0.15, 0.2) is 60.7 Å². The van der Waals surface area contributed by atoms with Gasteiger partial charge in [0.2, 0.25) is 0 Å². The van der Waals surface area contributed by atoms with Crippen molar-refractivity contribution in [1.29, 1.82) is 0 Å². The van der Waals surface area contributed by atoms with E-state index in [1.54, 1.807) is 4.90 Å². The van der Waals surface area contributed by atoms with Crippen LogP contribution in [0.2, 0.25) is 0 Å². The van der Waals surface area contributed by atoms with Gasteiger partial charge in [0.1, 0.15) is 38.1 Å². The van der Waals surface area contributed by atoms with Crippen molar-refractivity contribution in [2.75, 3.05) is 59.2 Å². The molecule has 0 fully saturated rings. The third-order valence-electron chi connectivity index (χ3n) is 8.23. The normalized spacial score (nSPS) is 14.2.